The van der Waals surface area contributed by atoms with E-state index in [-0.39, 0.29) is 24.3 Å². The van der Waals surface area contributed by atoms with Gasteiger partial charge in [0.15, 0.2) is 0 Å². The van der Waals surface area contributed by atoms with Crippen molar-refractivity contribution in [1.82, 2.24) is 0 Å². The molecule has 0 nitrogen and oxygen atoms in total. The van der Waals surface area contributed by atoms with Crippen LogP contribution in [0.1, 0.15) is 49.9 Å². The van der Waals surface area contributed by atoms with Gasteiger partial charge in [0.1, 0.15) is 0 Å². The second-order valence-corrected chi connectivity index (χ2v) is 15.2. The lowest BCUT2D eigenvalue weighted by Crippen LogP contribution is -2.60. The van der Waals surface area contributed by atoms with Crippen molar-refractivity contribution < 1.29 is 0 Å². The summed E-state index contributed by atoms with van der Waals surface area (Å²) in [5.74, 6) is 0. The first kappa shape index (κ1) is 28.0. The largest absolute Gasteiger partial charge is 0.242 e. The quantitative estimate of drug-likeness (QED) is 0.148. The van der Waals surface area contributed by atoms with Crippen LogP contribution in [0.4, 0.5) is 0 Å². The molecule has 0 spiro atoms. The number of fused-ring (bicyclic) bond motifs is 4. The molecule has 0 atom stereocenters. The zero-order valence-electron chi connectivity index (χ0n) is 28.0. The summed E-state index contributed by atoms with van der Waals surface area (Å²) >= 11 is 0. The van der Waals surface area contributed by atoms with Gasteiger partial charge in [-0.1, -0.05) is 206 Å². The Bertz CT molecular complexity index is 2310. The van der Waals surface area contributed by atoms with Crippen molar-refractivity contribution in [2.75, 3.05) is 0 Å². The molecule has 2 aliphatic rings. The molecule has 0 amide bonds. The summed E-state index contributed by atoms with van der Waals surface area (Å²) in [6.07, 6.45) is 0. The number of hydrogen-bond donors (Lipinski definition) is 0. The molecule has 0 fully saturated rings. The monoisotopic (exact) mass is 610 g/mol. The zero-order chi connectivity index (χ0) is 32.4. The molecule has 8 aromatic carbocycles. The van der Waals surface area contributed by atoms with E-state index in [4.69, 9.17) is 0 Å². The Morgan fingerprint density at radius 3 is 0.938 bits per heavy atom. The smallest absolute Gasteiger partial charge is 0.0667 e. The van der Waals surface area contributed by atoms with Gasteiger partial charge < -0.3 is 0 Å². The van der Waals surface area contributed by atoms with Crippen LogP contribution in [0.5, 0.6) is 0 Å². The van der Waals surface area contributed by atoms with E-state index in [1.54, 1.807) is 0 Å². The van der Waals surface area contributed by atoms with Gasteiger partial charge in [0.25, 0.3) is 0 Å². The van der Waals surface area contributed by atoms with Crippen LogP contribution in [-0.2, 0) is 10.8 Å². The van der Waals surface area contributed by atoms with Gasteiger partial charge in [-0.15, -0.1) is 0 Å². The molecular weight excluding hydrogens is 574 g/mol. The predicted octanol–water partition coefficient (Wildman–Crippen LogP) is 6.90. The van der Waals surface area contributed by atoms with E-state index in [1.807, 2.05) is 0 Å². The Labute approximate surface area is 284 Å². The van der Waals surface area contributed by atoms with Crippen LogP contribution in [0, 0.1) is 0 Å². The molecule has 0 aliphatic carbocycles. The van der Waals surface area contributed by atoms with E-state index >= 15 is 0 Å². The van der Waals surface area contributed by atoms with Crippen LogP contribution in [0.3, 0.4) is 0 Å². The fraction of sp³-hybridized carbons (Fsp3) is 0.130. The number of rotatable bonds is 2. The lowest BCUT2D eigenvalue weighted by molar-refractivity contribution is 0.646. The Hall–Kier alpha value is -5.07. The van der Waals surface area contributed by atoms with Crippen LogP contribution in [-0.4, -0.2) is 13.4 Å². The van der Waals surface area contributed by atoms with Gasteiger partial charge in [0.05, 0.1) is 0 Å². The molecule has 0 aromatic heterocycles. The van der Waals surface area contributed by atoms with Crippen LogP contribution < -0.4 is 32.8 Å². The molecule has 0 unspecified atom stereocenters. The van der Waals surface area contributed by atoms with Gasteiger partial charge >= 0.3 is 0 Å². The van der Waals surface area contributed by atoms with E-state index in [9.17, 15) is 0 Å². The second-order valence-electron chi connectivity index (χ2n) is 15.2. The highest BCUT2D eigenvalue weighted by Gasteiger charge is 2.42. The SMILES string of the molecule is CC1(C)c2ccccc2B(c2ccc3ccc4ccc(B5c6ccccc6C(C)(C)c6ccccc65)c5ccc2c3c45)c2ccccc21. The van der Waals surface area contributed by atoms with Gasteiger partial charge in [-0.25, -0.2) is 0 Å². The highest BCUT2D eigenvalue weighted by atomic mass is 14.3. The molecule has 0 saturated carbocycles. The van der Waals surface area contributed by atoms with Gasteiger partial charge in [0.2, 0.25) is 13.4 Å². The minimum absolute atomic E-state index is 0.0521. The van der Waals surface area contributed by atoms with Crippen molar-refractivity contribution in [3.63, 3.8) is 0 Å². The second kappa shape index (κ2) is 9.74. The van der Waals surface area contributed by atoms with Crippen LogP contribution in [0.25, 0.3) is 32.3 Å². The van der Waals surface area contributed by atoms with E-state index < -0.39 is 0 Å². The molecule has 226 valence electrons. The Morgan fingerprint density at radius 2 is 0.604 bits per heavy atom. The number of hydrogen-bond acceptors (Lipinski definition) is 0. The molecule has 0 saturated heterocycles. The maximum atomic E-state index is 2.44. The molecule has 2 heteroatoms. The first-order chi connectivity index (χ1) is 23.4. The first-order valence-electron chi connectivity index (χ1n) is 17.4. The van der Waals surface area contributed by atoms with Gasteiger partial charge in [-0.2, -0.15) is 0 Å². The van der Waals surface area contributed by atoms with Crippen molar-refractivity contribution in [2.24, 2.45) is 0 Å². The molecule has 2 aliphatic heterocycles. The molecule has 0 radical (unpaired) electrons. The van der Waals surface area contributed by atoms with Gasteiger partial charge in [0, 0.05) is 10.8 Å². The average Bonchev–Trinajstić information content (AvgIpc) is 3.12. The molecule has 0 N–H and O–H groups in total. The molecule has 10 rings (SSSR count). The standard InChI is InChI=1S/C46H36B2/c1-45(2)33-13-5-9-17-39(33)47(40-18-10-6-14-34(40)45)37-27-23-29-21-22-30-24-28-38(32-26-25-31(37)43(29)44(30)32)48-41-19-11-7-15-35(41)46(3,4)36-16-8-12-20-42(36)48/h5-28H,1-4H3. The Balaban J connectivity index is 1.27. The molecule has 2 heterocycles. The van der Waals surface area contributed by atoms with Crippen molar-refractivity contribution in [3.05, 3.63) is 168 Å². The van der Waals surface area contributed by atoms with Crippen molar-refractivity contribution in [3.8, 4) is 0 Å². The topological polar surface area (TPSA) is 0 Å². The molecule has 0 bridgehead atoms. The van der Waals surface area contributed by atoms with Gasteiger partial charge in [-0.05, 0) is 54.6 Å². The zero-order valence-corrected chi connectivity index (χ0v) is 28.0. The highest BCUT2D eigenvalue weighted by Crippen LogP contribution is 2.37. The third-order valence-corrected chi connectivity index (χ3v) is 12.1. The Morgan fingerprint density at radius 1 is 0.312 bits per heavy atom. The summed E-state index contributed by atoms with van der Waals surface area (Å²) in [5.41, 5.74) is 14.1. The first-order valence-corrected chi connectivity index (χ1v) is 17.4. The maximum Gasteiger partial charge on any atom is 0.242 e. The Kier molecular flexibility index (Phi) is 5.68. The highest BCUT2D eigenvalue weighted by molar-refractivity contribution is 6.99. The van der Waals surface area contributed by atoms with Gasteiger partial charge in [-0.3, -0.25) is 0 Å². The third-order valence-electron chi connectivity index (χ3n) is 12.1. The van der Waals surface area contributed by atoms with Crippen molar-refractivity contribution >= 4 is 78.5 Å². The molecule has 48 heavy (non-hydrogen) atoms. The number of benzene rings is 8. The normalized spacial score (nSPS) is 15.8. The minimum Gasteiger partial charge on any atom is -0.0667 e. The summed E-state index contributed by atoms with van der Waals surface area (Å²) in [5, 5.41) is 8.13. The summed E-state index contributed by atoms with van der Waals surface area (Å²) < 4.78 is 0. The summed E-state index contributed by atoms with van der Waals surface area (Å²) in [7, 11) is 0. The maximum absolute atomic E-state index is 2.44. The van der Waals surface area contributed by atoms with E-state index in [0.29, 0.717) is 0 Å². The van der Waals surface area contributed by atoms with E-state index in [2.05, 4.69) is 173 Å². The summed E-state index contributed by atoms with van der Waals surface area (Å²) in [4.78, 5) is 0. The molecular formula is C46H36B2. The molecule has 8 aromatic rings. The lowest BCUT2D eigenvalue weighted by Gasteiger charge is -2.39. The average molecular weight is 610 g/mol. The summed E-state index contributed by atoms with van der Waals surface area (Å²) in [6, 6.07) is 55.7. The fourth-order valence-electron chi connectivity index (χ4n) is 9.92. The van der Waals surface area contributed by atoms with Crippen LogP contribution in [0.2, 0.25) is 0 Å². The summed E-state index contributed by atoms with van der Waals surface area (Å²) in [6.45, 7) is 9.89. The van der Waals surface area contributed by atoms with E-state index in [1.165, 1.54) is 87.3 Å². The lowest BCUT2D eigenvalue weighted by atomic mass is 9.31. The fourth-order valence-corrected chi connectivity index (χ4v) is 9.92. The van der Waals surface area contributed by atoms with Crippen LogP contribution >= 0.6 is 0 Å². The van der Waals surface area contributed by atoms with Crippen LogP contribution in [0.15, 0.2) is 146 Å². The van der Waals surface area contributed by atoms with Crippen molar-refractivity contribution in [1.29, 1.82) is 0 Å². The van der Waals surface area contributed by atoms with E-state index in [0.717, 1.165) is 0 Å². The van der Waals surface area contributed by atoms with Crippen molar-refractivity contribution in [2.45, 2.75) is 38.5 Å². The minimum atomic E-state index is -0.0521. The third kappa shape index (κ3) is 3.58. The predicted molar refractivity (Wildman–Crippen MR) is 209 cm³/mol.